The molecule has 0 spiro atoms. The second-order valence-corrected chi connectivity index (χ2v) is 7.15. The number of alkyl halides is 1. The molecule has 0 unspecified atom stereocenters. The van der Waals surface area contributed by atoms with E-state index in [-0.39, 0.29) is 5.91 Å². The standard InChI is InChI=1S/C10H19ClN2O3S/c1-9(2)7-10(14)12-3-5-13(6-4-12)17(15,16)8-11/h9H,3-8H2,1-2H3. The van der Waals surface area contributed by atoms with Crippen molar-refractivity contribution in [1.82, 2.24) is 9.21 Å². The van der Waals surface area contributed by atoms with Crippen LogP contribution < -0.4 is 0 Å². The molecule has 0 aliphatic carbocycles. The summed E-state index contributed by atoms with van der Waals surface area (Å²) in [6, 6.07) is 0. The highest BCUT2D eigenvalue weighted by molar-refractivity contribution is 7.90. The van der Waals surface area contributed by atoms with Gasteiger partial charge in [-0.25, -0.2) is 8.42 Å². The van der Waals surface area contributed by atoms with Gasteiger partial charge >= 0.3 is 0 Å². The van der Waals surface area contributed by atoms with Crippen molar-refractivity contribution >= 4 is 27.5 Å². The zero-order valence-electron chi connectivity index (χ0n) is 10.2. The van der Waals surface area contributed by atoms with Crippen molar-refractivity contribution in [1.29, 1.82) is 0 Å². The monoisotopic (exact) mass is 282 g/mol. The average molecular weight is 283 g/mol. The fraction of sp³-hybridized carbons (Fsp3) is 0.900. The summed E-state index contributed by atoms with van der Waals surface area (Å²) in [6.07, 6.45) is 0.516. The summed E-state index contributed by atoms with van der Waals surface area (Å²) in [4.78, 5) is 13.5. The number of rotatable bonds is 4. The van der Waals surface area contributed by atoms with Gasteiger partial charge in [0.25, 0.3) is 0 Å². The highest BCUT2D eigenvalue weighted by Crippen LogP contribution is 2.11. The highest BCUT2D eigenvalue weighted by Gasteiger charge is 2.28. The number of halogens is 1. The van der Waals surface area contributed by atoms with E-state index >= 15 is 0 Å². The van der Waals surface area contributed by atoms with Gasteiger partial charge in [0.1, 0.15) is 5.21 Å². The van der Waals surface area contributed by atoms with Gasteiger partial charge in [-0.1, -0.05) is 13.8 Å². The van der Waals surface area contributed by atoms with Crippen LogP contribution in [0.4, 0.5) is 0 Å². The van der Waals surface area contributed by atoms with Crippen molar-refractivity contribution < 1.29 is 13.2 Å². The zero-order valence-corrected chi connectivity index (χ0v) is 11.8. The Morgan fingerprint density at radius 3 is 2.18 bits per heavy atom. The quantitative estimate of drug-likeness (QED) is 0.714. The molecule has 100 valence electrons. The van der Waals surface area contributed by atoms with E-state index in [0.717, 1.165) is 0 Å². The van der Waals surface area contributed by atoms with Crippen LogP contribution in [0.5, 0.6) is 0 Å². The van der Waals surface area contributed by atoms with E-state index in [1.54, 1.807) is 4.90 Å². The van der Waals surface area contributed by atoms with Crippen LogP contribution in [0.25, 0.3) is 0 Å². The summed E-state index contributed by atoms with van der Waals surface area (Å²) >= 11 is 5.38. The molecular weight excluding hydrogens is 264 g/mol. The van der Waals surface area contributed by atoms with Crippen molar-refractivity contribution in [2.75, 3.05) is 31.4 Å². The summed E-state index contributed by atoms with van der Waals surface area (Å²) in [5, 5.41) is -0.396. The lowest BCUT2D eigenvalue weighted by Gasteiger charge is -2.34. The molecule has 1 aliphatic heterocycles. The van der Waals surface area contributed by atoms with Gasteiger partial charge in [-0.15, -0.1) is 11.6 Å². The van der Waals surface area contributed by atoms with Gasteiger partial charge in [-0.05, 0) is 5.92 Å². The average Bonchev–Trinajstić information content (AvgIpc) is 2.28. The third kappa shape index (κ3) is 4.12. The Bertz CT molecular complexity index is 362. The number of piperazine rings is 1. The van der Waals surface area contributed by atoms with E-state index in [1.165, 1.54) is 4.31 Å². The van der Waals surface area contributed by atoms with Crippen LogP contribution in [0.3, 0.4) is 0 Å². The molecular formula is C10H19ClN2O3S. The maximum absolute atomic E-state index is 11.8. The second-order valence-electron chi connectivity index (χ2n) is 4.60. The molecule has 1 saturated heterocycles. The summed E-state index contributed by atoms with van der Waals surface area (Å²) in [5.74, 6) is 0.426. The molecule has 0 aromatic rings. The van der Waals surface area contributed by atoms with Gasteiger partial charge in [0.15, 0.2) is 0 Å². The molecule has 0 saturated carbocycles. The zero-order chi connectivity index (χ0) is 13.1. The predicted molar refractivity (Wildman–Crippen MR) is 67.2 cm³/mol. The van der Waals surface area contributed by atoms with E-state index in [1.807, 2.05) is 13.8 Å². The first kappa shape index (κ1) is 14.7. The fourth-order valence-corrected chi connectivity index (χ4v) is 3.03. The molecule has 5 nitrogen and oxygen atoms in total. The summed E-state index contributed by atoms with van der Waals surface area (Å²) in [7, 11) is -3.33. The molecule has 0 bridgehead atoms. The third-order valence-electron chi connectivity index (χ3n) is 2.71. The van der Waals surface area contributed by atoms with Crippen LogP contribution in [-0.4, -0.2) is 54.9 Å². The van der Waals surface area contributed by atoms with Gasteiger partial charge in [-0.3, -0.25) is 4.79 Å². The molecule has 1 rings (SSSR count). The topological polar surface area (TPSA) is 57.7 Å². The van der Waals surface area contributed by atoms with Crippen molar-refractivity contribution in [3.05, 3.63) is 0 Å². The number of carbonyl (C=O) groups excluding carboxylic acids is 1. The Labute approximate surface area is 108 Å². The van der Waals surface area contributed by atoms with Crippen molar-refractivity contribution in [3.63, 3.8) is 0 Å². The molecule has 1 amide bonds. The number of amides is 1. The van der Waals surface area contributed by atoms with E-state index in [4.69, 9.17) is 11.6 Å². The fourth-order valence-electron chi connectivity index (χ4n) is 1.76. The van der Waals surface area contributed by atoms with Gasteiger partial charge in [-0.2, -0.15) is 4.31 Å². The molecule has 0 radical (unpaired) electrons. The Kier molecular flexibility index (Phi) is 5.22. The first-order chi connectivity index (χ1) is 7.86. The molecule has 1 heterocycles. The minimum atomic E-state index is -3.33. The smallest absolute Gasteiger partial charge is 0.228 e. The number of sulfonamides is 1. The maximum Gasteiger partial charge on any atom is 0.228 e. The molecule has 0 atom stereocenters. The molecule has 1 aliphatic rings. The first-order valence-corrected chi connectivity index (χ1v) is 7.82. The Hall–Kier alpha value is -0.330. The normalized spacial score (nSPS) is 18.7. The Morgan fingerprint density at radius 2 is 1.76 bits per heavy atom. The lowest BCUT2D eigenvalue weighted by atomic mass is 10.1. The third-order valence-corrected chi connectivity index (χ3v) is 4.96. The van der Waals surface area contributed by atoms with E-state index in [2.05, 4.69) is 0 Å². The molecule has 7 heteroatoms. The van der Waals surface area contributed by atoms with Crippen LogP contribution in [0.1, 0.15) is 20.3 Å². The summed E-state index contributed by atoms with van der Waals surface area (Å²) < 4.78 is 24.3. The molecule has 0 aromatic carbocycles. The lowest BCUT2D eigenvalue weighted by molar-refractivity contribution is -0.133. The summed E-state index contributed by atoms with van der Waals surface area (Å²) in [5.41, 5.74) is 0. The minimum absolute atomic E-state index is 0.0999. The van der Waals surface area contributed by atoms with Crippen LogP contribution >= 0.6 is 11.6 Å². The molecule has 0 N–H and O–H groups in total. The summed E-state index contributed by atoms with van der Waals surface area (Å²) in [6.45, 7) is 5.60. The SMILES string of the molecule is CC(C)CC(=O)N1CCN(S(=O)(=O)CCl)CC1. The molecule has 1 fully saturated rings. The maximum atomic E-state index is 11.8. The van der Waals surface area contributed by atoms with Gasteiger partial charge < -0.3 is 4.90 Å². The largest absolute Gasteiger partial charge is 0.340 e. The van der Waals surface area contributed by atoms with Crippen molar-refractivity contribution in [3.8, 4) is 0 Å². The Balaban J connectivity index is 2.49. The van der Waals surface area contributed by atoms with Crippen LogP contribution in [0.15, 0.2) is 0 Å². The minimum Gasteiger partial charge on any atom is -0.340 e. The first-order valence-electron chi connectivity index (χ1n) is 5.68. The molecule has 0 aromatic heterocycles. The van der Waals surface area contributed by atoms with Gasteiger partial charge in [0.05, 0.1) is 0 Å². The van der Waals surface area contributed by atoms with Gasteiger partial charge in [0.2, 0.25) is 15.9 Å². The van der Waals surface area contributed by atoms with Crippen molar-refractivity contribution in [2.45, 2.75) is 20.3 Å². The van der Waals surface area contributed by atoms with E-state index < -0.39 is 15.2 Å². The van der Waals surface area contributed by atoms with Crippen LogP contribution in [0, 0.1) is 5.92 Å². The Morgan fingerprint density at radius 1 is 1.24 bits per heavy atom. The predicted octanol–water partition coefficient (Wildman–Crippen LogP) is 0.703. The van der Waals surface area contributed by atoms with Crippen LogP contribution in [-0.2, 0) is 14.8 Å². The highest BCUT2D eigenvalue weighted by atomic mass is 35.5. The lowest BCUT2D eigenvalue weighted by Crippen LogP contribution is -2.50. The number of carbonyl (C=O) groups is 1. The molecule has 17 heavy (non-hydrogen) atoms. The number of nitrogens with zero attached hydrogens (tertiary/aromatic N) is 2. The second kappa shape index (κ2) is 6.02. The van der Waals surface area contributed by atoms with Crippen molar-refractivity contribution in [2.24, 2.45) is 5.92 Å². The van der Waals surface area contributed by atoms with E-state index in [9.17, 15) is 13.2 Å². The van der Waals surface area contributed by atoms with E-state index in [0.29, 0.717) is 38.5 Å². The van der Waals surface area contributed by atoms with Crippen LogP contribution in [0.2, 0.25) is 0 Å². The number of hydrogen-bond acceptors (Lipinski definition) is 3. The number of hydrogen-bond donors (Lipinski definition) is 0. The van der Waals surface area contributed by atoms with Gasteiger partial charge in [0, 0.05) is 32.6 Å².